The third-order valence-electron chi connectivity index (χ3n) is 4.10. The molecule has 0 saturated carbocycles. The molecule has 6 heteroatoms. The Hall–Kier alpha value is -2.50. The van der Waals surface area contributed by atoms with E-state index in [0.717, 1.165) is 0 Å². The normalized spacial score (nSPS) is 19.0. The average Bonchev–Trinajstić information content (AvgIpc) is 3.07. The number of methoxy groups -OCH3 is 1. The van der Waals surface area contributed by atoms with Gasteiger partial charge in [-0.3, -0.25) is 0 Å². The highest BCUT2D eigenvalue weighted by atomic mass is 16.5. The van der Waals surface area contributed by atoms with Gasteiger partial charge in [0.25, 0.3) is 0 Å². The summed E-state index contributed by atoms with van der Waals surface area (Å²) in [5, 5.41) is 3.07. The first kappa shape index (κ1) is 17.8. The van der Waals surface area contributed by atoms with E-state index >= 15 is 0 Å². The van der Waals surface area contributed by atoms with Crippen LogP contribution in [-0.2, 0) is 19.1 Å². The van der Waals surface area contributed by atoms with Crippen LogP contribution in [0.15, 0.2) is 45.4 Å². The van der Waals surface area contributed by atoms with Crippen LogP contribution in [0.1, 0.15) is 45.8 Å². The van der Waals surface area contributed by atoms with Crippen LogP contribution in [0, 0.1) is 0 Å². The number of ether oxygens (including phenoxy) is 2. The van der Waals surface area contributed by atoms with Crippen molar-refractivity contribution >= 4 is 11.9 Å². The van der Waals surface area contributed by atoms with Crippen LogP contribution in [0.5, 0.6) is 0 Å². The summed E-state index contributed by atoms with van der Waals surface area (Å²) in [6, 6.07) is 3.45. The van der Waals surface area contributed by atoms with Crippen molar-refractivity contribution < 1.29 is 23.5 Å². The Kier molecular flexibility index (Phi) is 5.49. The van der Waals surface area contributed by atoms with Gasteiger partial charge in [0, 0.05) is 11.4 Å². The Balaban J connectivity index is 2.52. The third-order valence-corrected chi connectivity index (χ3v) is 4.10. The van der Waals surface area contributed by atoms with Gasteiger partial charge >= 0.3 is 11.9 Å². The SMILES string of the molecule is CCC(C)OC(=O)C1=C(C)NC(C)=C(C(=O)OC)C1c1ccco1. The summed E-state index contributed by atoms with van der Waals surface area (Å²) in [5.41, 5.74) is 1.96. The third kappa shape index (κ3) is 3.37. The van der Waals surface area contributed by atoms with Gasteiger partial charge in [0.1, 0.15) is 5.76 Å². The van der Waals surface area contributed by atoms with Crippen LogP contribution in [0.3, 0.4) is 0 Å². The van der Waals surface area contributed by atoms with Gasteiger partial charge in [0.05, 0.1) is 36.5 Å². The Morgan fingerprint density at radius 1 is 1.25 bits per heavy atom. The zero-order chi connectivity index (χ0) is 17.9. The predicted octanol–water partition coefficient (Wildman–Crippen LogP) is 3.03. The van der Waals surface area contributed by atoms with Crippen molar-refractivity contribution in [1.82, 2.24) is 5.32 Å². The Morgan fingerprint density at radius 3 is 2.38 bits per heavy atom. The topological polar surface area (TPSA) is 77.8 Å². The fraction of sp³-hybridized carbons (Fsp3) is 0.444. The Bertz CT molecular complexity index is 684. The number of nitrogens with one attached hydrogen (secondary N) is 1. The zero-order valence-electron chi connectivity index (χ0n) is 14.6. The highest BCUT2D eigenvalue weighted by molar-refractivity contribution is 5.99. The maximum Gasteiger partial charge on any atom is 0.337 e. The standard InChI is InChI=1S/C18H23NO5/c1-6-10(2)24-18(21)15-12(4)19-11(3)14(17(20)22-5)16(15)13-8-7-9-23-13/h7-10,16,19H,6H2,1-5H3. The fourth-order valence-electron chi connectivity index (χ4n) is 2.71. The van der Waals surface area contributed by atoms with Gasteiger partial charge < -0.3 is 19.2 Å². The quantitative estimate of drug-likeness (QED) is 0.835. The minimum Gasteiger partial charge on any atom is -0.468 e. The van der Waals surface area contributed by atoms with Crippen molar-refractivity contribution in [2.24, 2.45) is 0 Å². The number of rotatable bonds is 5. The van der Waals surface area contributed by atoms with E-state index in [9.17, 15) is 9.59 Å². The molecule has 130 valence electrons. The van der Waals surface area contributed by atoms with Crippen molar-refractivity contribution in [3.63, 3.8) is 0 Å². The molecule has 0 spiro atoms. The predicted molar refractivity (Wildman–Crippen MR) is 87.8 cm³/mol. The number of dihydropyridines is 1. The largest absolute Gasteiger partial charge is 0.468 e. The molecule has 24 heavy (non-hydrogen) atoms. The second-order valence-electron chi connectivity index (χ2n) is 5.77. The maximum atomic E-state index is 12.7. The molecule has 0 fully saturated rings. The molecular formula is C18H23NO5. The molecule has 2 heterocycles. The molecule has 2 unspecified atom stereocenters. The van der Waals surface area contributed by atoms with E-state index in [1.165, 1.54) is 13.4 Å². The lowest BCUT2D eigenvalue weighted by Gasteiger charge is -2.29. The van der Waals surface area contributed by atoms with Crippen LogP contribution in [0.2, 0.25) is 0 Å². The molecule has 1 aromatic rings. The molecule has 1 aliphatic heterocycles. The molecular weight excluding hydrogens is 310 g/mol. The van der Waals surface area contributed by atoms with Crippen molar-refractivity contribution in [2.75, 3.05) is 7.11 Å². The molecule has 0 radical (unpaired) electrons. The first-order valence-corrected chi connectivity index (χ1v) is 7.91. The summed E-state index contributed by atoms with van der Waals surface area (Å²) in [6.45, 7) is 7.31. The first-order chi connectivity index (χ1) is 11.4. The lowest BCUT2D eigenvalue weighted by atomic mass is 9.83. The second-order valence-corrected chi connectivity index (χ2v) is 5.77. The lowest BCUT2D eigenvalue weighted by Crippen LogP contribution is -2.33. The average molecular weight is 333 g/mol. The van der Waals surface area contributed by atoms with Crippen LogP contribution in [-0.4, -0.2) is 25.2 Å². The number of carbonyl (C=O) groups excluding carboxylic acids is 2. The fourth-order valence-corrected chi connectivity index (χ4v) is 2.71. The van der Waals surface area contributed by atoms with E-state index in [-0.39, 0.29) is 6.10 Å². The molecule has 1 N–H and O–H groups in total. The minimum absolute atomic E-state index is 0.219. The number of hydrogen-bond donors (Lipinski definition) is 1. The number of esters is 2. The summed E-state index contributed by atoms with van der Waals surface area (Å²) < 4.78 is 15.9. The van der Waals surface area contributed by atoms with Gasteiger partial charge in [0.2, 0.25) is 0 Å². The molecule has 2 rings (SSSR count). The van der Waals surface area contributed by atoms with Crippen LogP contribution in [0.4, 0.5) is 0 Å². The molecule has 1 aliphatic rings. The number of hydrogen-bond acceptors (Lipinski definition) is 6. The van der Waals surface area contributed by atoms with Gasteiger partial charge in [-0.25, -0.2) is 9.59 Å². The van der Waals surface area contributed by atoms with Crippen molar-refractivity contribution in [3.8, 4) is 0 Å². The first-order valence-electron chi connectivity index (χ1n) is 7.91. The molecule has 6 nitrogen and oxygen atoms in total. The van der Waals surface area contributed by atoms with E-state index in [4.69, 9.17) is 13.9 Å². The monoisotopic (exact) mass is 333 g/mol. The minimum atomic E-state index is -0.662. The van der Waals surface area contributed by atoms with Gasteiger partial charge in [-0.2, -0.15) is 0 Å². The lowest BCUT2D eigenvalue weighted by molar-refractivity contribution is -0.144. The summed E-state index contributed by atoms with van der Waals surface area (Å²) in [6.07, 6.45) is 1.99. The molecule has 0 saturated heterocycles. The molecule has 0 amide bonds. The second kappa shape index (κ2) is 7.38. The van der Waals surface area contributed by atoms with E-state index in [0.29, 0.717) is 34.7 Å². The summed E-state index contributed by atoms with van der Waals surface area (Å²) in [4.78, 5) is 25.0. The van der Waals surface area contributed by atoms with Gasteiger partial charge in [-0.05, 0) is 39.3 Å². The Morgan fingerprint density at radius 2 is 1.88 bits per heavy atom. The molecule has 0 aliphatic carbocycles. The maximum absolute atomic E-state index is 12.7. The highest BCUT2D eigenvalue weighted by Gasteiger charge is 2.39. The van der Waals surface area contributed by atoms with E-state index in [1.807, 2.05) is 13.8 Å². The molecule has 1 aromatic heterocycles. The highest BCUT2D eigenvalue weighted by Crippen LogP contribution is 2.39. The van der Waals surface area contributed by atoms with E-state index < -0.39 is 17.9 Å². The smallest absolute Gasteiger partial charge is 0.337 e. The van der Waals surface area contributed by atoms with Crippen LogP contribution < -0.4 is 5.32 Å². The summed E-state index contributed by atoms with van der Waals surface area (Å²) in [7, 11) is 1.31. The Labute approximate surface area is 141 Å². The van der Waals surface area contributed by atoms with Gasteiger partial charge in [-0.1, -0.05) is 6.92 Å². The van der Waals surface area contributed by atoms with Gasteiger partial charge in [-0.15, -0.1) is 0 Å². The molecule has 0 bridgehead atoms. The summed E-state index contributed by atoms with van der Waals surface area (Å²) >= 11 is 0. The number of furan rings is 1. The van der Waals surface area contributed by atoms with E-state index in [2.05, 4.69) is 5.32 Å². The van der Waals surface area contributed by atoms with Gasteiger partial charge in [0.15, 0.2) is 0 Å². The van der Waals surface area contributed by atoms with E-state index in [1.54, 1.807) is 26.0 Å². The van der Waals surface area contributed by atoms with Crippen LogP contribution >= 0.6 is 0 Å². The van der Waals surface area contributed by atoms with Crippen LogP contribution in [0.25, 0.3) is 0 Å². The van der Waals surface area contributed by atoms with Crippen molar-refractivity contribution in [3.05, 3.63) is 46.7 Å². The van der Waals surface area contributed by atoms with Crippen molar-refractivity contribution in [1.29, 1.82) is 0 Å². The number of carbonyl (C=O) groups is 2. The van der Waals surface area contributed by atoms with Crippen molar-refractivity contribution in [2.45, 2.75) is 46.1 Å². The molecule has 2 atom stereocenters. The number of allylic oxidation sites excluding steroid dienone is 2. The summed E-state index contributed by atoms with van der Waals surface area (Å²) in [5.74, 6) is -1.15. The molecule has 0 aromatic carbocycles. The zero-order valence-corrected chi connectivity index (χ0v) is 14.6.